The molecule has 0 bridgehead atoms. The summed E-state index contributed by atoms with van der Waals surface area (Å²) in [6.07, 6.45) is 10.3. The van der Waals surface area contributed by atoms with Crippen molar-refractivity contribution < 1.29 is 14.3 Å². The Hall–Kier alpha value is -1.88. The van der Waals surface area contributed by atoms with Gasteiger partial charge in [-0.2, -0.15) is 0 Å². The standard InChI is InChI=1S/C30H47ClN2O3/c1-10-19-36-27(35)22(3)12-11-21(2)20-24(15-16-28(4,5)6)33-26(34)25(31)32-30(33)17-13-23(14-18-30)29(7,8)9/h11-12,23-24H,2-3,10,13-20H2,1,4-9H3/b12-11-. The average molecular weight is 519 g/mol. The summed E-state index contributed by atoms with van der Waals surface area (Å²) in [6.45, 7) is 23.9. The molecule has 0 aromatic heterocycles. The lowest BCUT2D eigenvalue weighted by Gasteiger charge is -2.47. The first-order valence-electron chi connectivity index (χ1n) is 13.4. The number of halogens is 1. The van der Waals surface area contributed by atoms with E-state index in [0.717, 1.165) is 50.5 Å². The molecule has 2 aliphatic rings. The zero-order chi connectivity index (χ0) is 27.3. The van der Waals surface area contributed by atoms with E-state index in [-0.39, 0.29) is 33.5 Å². The van der Waals surface area contributed by atoms with Crippen molar-refractivity contribution in [1.29, 1.82) is 0 Å². The van der Waals surface area contributed by atoms with E-state index >= 15 is 0 Å². The van der Waals surface area contributed by atoms with Gasteiger partial charge in [-0.25, -0.2) is 9.79 Å². The number of allylic oxidation sites excluding steroid dienone is 1. The van der Waals surface area contributed by atoms with Crippen LogP contribution in [0, 0.1) is 16.7 Å². The van der Waals surface area contributed by atoms with Crippen molar-refractivity contribution in [3.63, 3.8) is 0 Å². The lowest BCUT2D eigenvalue weighted by atomic mass is 9.69. The van der Waals surface area contributed by atoms with Crippen LogP contribution in [0.15, 0.2) is 41.4 Å². The molecule has 1 heterocycles. The molecule has 6 heteroatoms. The van der Waals surface area contributed by atoms with E-state index < -0.39 is 11.6 Å². The second kappa shape index (κ2) is 12.1. The van der Waals surface area contributed by atoms with Gasteiger partial charge in [-0.15, -0.1) is 0 Å². The molecule has 0 radical (unpaired) electrons. The highest BCUT2D eigenvalue weighted by molar-refractivity contribution is 6.83. The number of amides is 1. The minimum atomic E-state index is -0.573. The van der Waals surface area contributed by atoms with Crippen molar-refractivity contribution in [3.8, 4) is 0 Å². The normalized spacial score (nSPS) is 23.8. The lowest BCUT2D eigenvalue weighted by molar-refractivity contribution is -0.138. The van der Waals surface area contributed by atoms with Gasteiger partial charge in [-0.1, -0.05) is 84.9 Å². The van der Waals surface area contributed by atoms with Crippen molar-refractivity contribution in [1.82, 2.24) is 4.90 Å². The number of nitrogens with zero attached hydrogens (tertiary/aromatic N) is 2. The molecule has 0 aromatic rings. The summed E-state index contributed by atoms with van der Waals surface area (Å²) in [5.41, 5.74) is 0.894. The Morgan fingerprint density at radius 2 is 1.81 bits per heavy atom. The van der Waals surface area contributed by atoms with Crippen molar-refractivity contribution in [2.75, 3.05) is 6.61 Å². The Kier molecular flexibility index (Phi) is 10.2. The smallest absolute Gasteiger partial charge is 0.337 e. The molecule has 202 valence electrons. The fraction of sp³-hybridized carbons (Fsp3) is 0.700. The fourth-order valence-corrected chi connectivity index (χ4v) is 5.49. The maximum atomic E-state index is 13.4. The second-order valence-electron chi connectivity index (χ2n) is 12.8. The predicted molar refractivity (Wildman–Crippen MR) is 150 cm³/mol. The van der Waals surface area contributed by atoms with Crippen LogP contribution in [0.25, 0.3) is 0 Å². The van der Waals surface area contributed by atoms with Gasteiger partial charge in [0.05, 0.1) is 12.2 Å². The summed E-state index contributed by atoms with van der Waals surface area (Å²) in [6, 6.07) is -0.0830. The van der Waals surface area contributed by atoms with Gasteiger partial charge in [0.25, 0.3) is 5.91 Å². The first-order chi connectivity index (χ1) is 16.6. The Balaban J connectivity index is 2.25. The summed E-state index contributed by atoms with van der Waals surface area (Å²) in [5.74, 6) is 0.00261. The van der Waals surface area contributed by atoms with E-state index in [1.165, 1.54) is 0 Å². The van der Waals surface area contributed by atoms with Crippen molar-refractivity contribution in [2.45, 2.75) is 112 Å². The number of aliphatic imine (C=N–C) groups is 1. The predicted octanol–water partition coefficient (Wildman–Crippen LogP) is 7.61. The molecule has 5 nitrogen and oxygen atoms in total. The molecular formula is C30H47ClN2O3. The third-order valence-corrected chi connectivity index (χ3v) is 7.72. The number of rotatable bonds is 10. The first kappa shape index (κ1) is 30.3. The average Bonchev–Trinajstić information content (AvgIpc) is 3.01. The largest absolute Gasteiger partial charge is 0.462 e. The quantitative estimate of drug-likeness (QED) is 0.170. The Morgan fingerprint density at radius 1 is 1.19 bits per heavy atom. The number of ether oxygens (including phenoxy) is 1. The number of hydrogen-bond donors (Lipinski definition) is 0. The van der Waals surface area contributed by atoms with Gasteiger partial charge >= 0.3 is 5.97 Å². The summed E-state index contributed by atoms with van der Waals surface area (Å²) < 4.78 is 5.16. The minimum absolute atomic E-state index is 0.0830. The molecule has 1 atom stereocenters. The van der Waals surface area contributed by atoms with E-state index in [1.54, 1.807) is 6.08 Å². The maximum Gasteiger partial charge on any atom is 0.337 e. The number of carbonyl (C=O) groups excluding carboxylic acids is 2. The summed E-state index contributed by atoms with van der Waals surface area (Å²) in [7, 11) is 0. The Labute approximate surface area is 224 Å². The van der Waals surface area contributed by atoms with Gasteiger partial charge in [0.1, 0.15) is 5.66 Å². The van der Waals surface area contributed by atoms with Crippen molar-refractivity contribution in [3.05, 3.63) is 36.5 Å². The molecule has 1 aliphatic heterocycles. The van der Waals surface area contributed by atoms with E-state index in [9.17, 15) is 9.59 Å². The van der Waals surface area contributed by atoms with Crippen molar-refractivity contribution in [2.24, 2.45) is 21.7 Å². The Bertz CT molecular complexity index is 896. The van der Waals surface area contributed by atoms with Crippen LogP contribution in [-0.4, -0.2) is 40.3 Å². The van der Waals surface area contributed by atoms with Gasteiger partial charge < -0.3 is 9.64 Å². The van der Waals surface area contributed by atoms with Crippen LogP contribution in [0.2, 0.25) is 0 Å². The molecule has 2 rings (SSSR count). The molecule has 1 spiro atoms. The van der Waals surface area contributed by atoms with Gasteiger partial charge in [0.15, 0.2) is 5.17 Å². The molecule has 1 unspecified atom stereocenters. The number of hydrogen-bond acceptors (Lipinski definition) is 4. The van der Waals surface area contributed by atoms with Crippen LogP contribution in [0.5, 0.6) is 0 Å². The van der Waals surface area contributed by atoms with Gasteiger partial charge in [-0.3, -0.25) is 4.79 Å². The molecular weight excluding hydrogens is 472 g/mol. The monoisotopic (exact) mass is 518 g/mol. The molecule has 0 N–H and O–H groups in total. The fourth-order valence-electron chi connectivity index (χ4n) is 5.24. The summed E-state index contributed by atoms with van der Waals surface area (Å²) in [4.78, 5) is 32.2. The van der Waals surface area contributed by atoms with Gasteiger partial charge in [0, 0.05) is 6.04 Å². The van der Waals surface area contributed by atoms with Crippen LogP contribution in [0.3, 0.4) is 0 Å². The third kappa shape index (κ3) is 8.06. The molecule has 36 heavy (non-hydrogen) atoms. The van der Waals surface area contributed by atoms with Crippen LogP contribution < -0.4 is 0 Å². The van der Waals surface area contributed by atoms with Gasteiger partial charge in [-0.05, 0) is 74.2 Å². The highest BCUT2D eigenvalue weighted by Crippen LogP contribution is 2.48. The lowest BCUT2D eigenvalue weighted by Crippen LogP contribution is -2.54. The van der Waals surface area contributed by atoms with Gasteiger partial charge in [0.2, 0.25) is 0 Å². The molecule has 0 aromatic carbocycles. The molecule has 1 saturated carbocycles. The summed E-state index contributed by atoms with van der Waals surface area (Å²) in [5, 5.41) is 0.0955. The number of esters is 1. The van der Waals surface area contributed by atoms with Crippen LogP contribution in [0.4, 0.5) is 0 Å². The third-order valence-electron chi connectivity index (χ3n) is 7.47. The minimum Gasteiger partial charge on any atom is -0.462 e. The highest BCUT2D eigenvalue weighted by atomic mass is 35.5. The highest BCUT2D eigenvalue weighted by Gasteiger charge is 2.52. The summed E-state index contributed by atoms with van der Waals surface area (Å²) >= 11 is 6.42. The van der Waals surface area contributed by atoms with Crippen LogP contribution >= 0.6 is 11.6 Å². The molecule has 1 aliphatic carbocycles. The van der Waals surface area contributed by atoms with E-state index in [4.69, 9.17) is 21.3 Å². The van der Waals surface area contributed by atoms with Crippen LogP contribution in [-0.2, 0) is 14.3 Å². The molecule has 1 amide bonds. The maximum absolute atomic E-state index is 13.4. The Morgan fingerprint density at radius 3 is 2.33 bits per heavy atom. The second-order valence-corrected chi connectivity index (χ2v) is 13.2. The molecule has 0 saturated heterocycles. The van der Waals surface area contributed by atoms with E-state index in [2.05, 4.69) is 54.7 Å². The van der Waals surface area contributed by atoms with E-state index in [1.807, 2.05) is 17.9 Å². The topological polar surface area (TPSA) is 59.0 Å². The van der Waals surface area contributed by atoms with E-state index in [0.29, 0.717) is 18.9 Å². The van der Waals surface area contributed by atoms with Crippen LogP contribution in [0.1, 0.15) is 99.8 Å². The molecule has 1 fully saturated rings. The first-order valence-corrected chi connectivity index (χ1v) is 13.8. The number of carbonyl (C=O) groups is 2. The zero-order valence-corrected chi connectivity index (χ0v) is 24.3. The van der Waals surface area contributed by atoms with Crippen molar-refractivity contribution >= 4 is 28.6 Å². The zero-order valence-electron chi connectivity index (χ0n) is 23.6. The SMILES string of the molecule is C=C(/C=C\C(=C)C(=O)OCCC)CC(CCC(C)(C)C)N1C(=O)C(Cl)=NC12CCC(C(C)(C)C)CC2.